The zero-order valence-electron chi connectivity index (χ0n) is 15.2. The lowest BCUT2D eigenvalue weighted by Gasteiger charge is -2.34. The predicted octanol–water partition coefficient (Wildman–Crippen LogP) is 1.25. The van der Waals surface area contributed by atoms with Crippen LogP contribution in [0.3, 0.4) is 0 Å². The Morgan fingerprint density at radius 3 is 2.65 bits per heavy atom. The van der Waals surface area contributed by atoms with Crippen LogP contribution in [0.4, 0.5) is 0 Å². The van der Waals surface area contributed by atoms with E-state index in [1.54, 1.807) is 7.11 Å². The number of hydrogen-bond donors (Lipinski definition) is 0. The largest absolute Gasteiger partial charge is 0.484 e. The van der Waals surface area contributed by atoms with E-state index >= 15 is 0 Å². The molecule has 7 heteroatoms. The van der Waals surface area contributed by atoms with Gasteiger partial charge in [-0.2, -0.15) is 0 Å². The summed E-state index contributed by atoms with van der Waals surface area (Å²) >= 11 is 0. The third-order valence-electron chi connectivity index (χ3n) is 4.53. The summed E-state index contributed by atoms with van der Waals surface area (Å²) < 4.78 is 12.8. The molecule has 3 rings (SSSR count). The van der Waals surface area contributed by atoms with Crippen molar-refractivity contribution in [1.29, 1.82) is 0 Å². The molecule has 1 aliphatic rings. The van der Waals surface area contributed by atoms with E-state index in [1.807, 2.05) is 47.6 Å². The summed E-state index contributed by atoms with van der Waals surface area (Å²) in [4.78, 5) is 21.0. The molecule has 0 aliphatic carbocycles. The highest BCUT2D eigenvalue weighted by Crippen LogP contribution is 2.10. The Bertz CT molecular complexity index is 681. The molecule has 1 aliphatic heterocycles. The fourth-order valence-corrected chi connectivity index (χ4v) is 2.99. The molecule has 0 spiro atoms. The van der Waals surface area contributed by atoms with Crippen LogP contribution in [0.2, 0.25) is 0 Å². The summed E-state index contributed by atoms with van der Waals surface area (Å²) in [6, 6.07) is 9.44. The molecule has 1 saturated heterocycles. The first-order valence-corrected chi connectivity index (χ1v) is 8.93. The molecule has 0 bridgehead atoms. The Morgan fingerprint density at radius 2 is 1.92 bits per heavy atom. The van der Waals surface area contributed by atoms with Gasteiger partial charge in [-0.15, -0.1) is 0 Å². The quantitative estimate of drug-likeness (QED) is 0.711. The van der Waals surface area contributed by atoms with Crippen LogP contribution in [-0.2, 0) is 22.6 Å². The molecule has 26 heavy (non-hydrogen) atoms. The van der Waals surface area contributed by atoms with E-state index in [9.17, 15) is 4.79 Å². The number of amides is 1. The maximum absolute atomic E-state index is 12.3. The molecule has 1 aromatic heterocycles. The SMILES string of the molecule is COCCn1ccnc1CN1CCN(C(=O)COc2ccccc2)CC1. The zero-order chi connectivity index (χ0) is 18.2. The Kier molecular flexibility index (Phi) is 6.62. The van der Waals surface area contributed by atoms with Gasteiger partial charge in [0, 0.05) is 52.2 Å². The fraction of sp³-hybridized carbons (Fsp3) is 0.474. The van der Waals surface area contributed by atoms with E-state index in [2.05, 4.69) is 14.5 Å². The number of para-hydroxylation sites is 1. The fourth-order valence-electron chi connectivity index (χ4n) is 2.99. The molecular formula is C19H26N4O3. The summed E-state index contributed by atoms with van der Waals surface area (Å²) in [7, 11) is 1.70. The smallest absolute Gasteiger partial charge is 0.260 e. The summed E-state index contributed by atoms with van der Waals surface area (Å²) in [5.41, 5.74) is 0. The number of piperazine rings is 1. The van der Waals surface area contributed by atoms with Crippen LogP contribution in [0.15, 0.2) is 42.7 Å². The van der Waals surface area contributed by atoms with E-state index in [0.29, 0.717) is 6.61 Å². The van der Waals surface area contributed by atoms with E-state index < -0.39 is 0 Å². The van der Waals surface area contributed by atoms with Gasteiger partial charge < -0.3 is 18.9 Å². The number of rotatable bonds is 8. The Labute approximate surface area is 154 Å². The second-order valence-corrected chi connectivity index (χ2v) is 6.29. The molecule has 140 valence electrons. The van der Waals surface area contributed by atoms with Crippen molar-refractivity contribution >= 4 is 5.91 Å². The van der Waals surface area contributed by atoms with Gasteiger partial charge in [0.2, 0.25) is 0 Å². The van der Waals surface area contributed by atoms with Gasteiger partial charge in [0.1, 0.15) is 11.6 Å². The van der Waals surface area contributed by atoms with Gasteiger partial charge in [0.15, 0.2) is 6.61 Å². The first kappa shape index (κ1) is 18.4. The van der Waals surface area contributed by atoms with Gasteiger partial charge in [-0.3, -0.25) is 9.69 Å². The molecule has 2 heterocycles. The van der Waals surface area contributed by atoms with Crippen molar-refractivity contribution in [2.24, 2.45) is 0 Å². The molecule has 7 nitrogen and oxygen atoms in total. The maximum Gasteiger partial charge on any atom is 0.260 e. The minimum atomic E-state index is 0.0371. The Morgan fingerprint density at radius 1 is 1.15 bits per heavy atom. The Hall–Kier alpha value is -2.38. The van der Waals surface area contributed by atoms with Crippen LogP contribution in [-0.4, -0.2) is 71.8 Å². The summed E-state index contributed by atoms with van der Waals surface area (Å²) in [5, 5.41) is 0. The molecule has 0 atom stereocenters. The van der Waals surface area contributed by atoms with Crippen LogP contribution in [0.1, 0.15) is 5.82 Å². The predicted molar refractivity (Wildman–Crippen MR) is 97.9 cm³/mol. The molecular weight excluding hydrogens is 332 g/mol. The number of ether oxygens (including phenoxy) is 2. The van der Waals surface area contributed by atoms with Crippen molar-refractivity contribution in [3.63, 3.8) is 0 Å². The number of nitrogens with zero attached hydrogens (tertiary/aromatic N) is 4. The molecule has 0 radical (unpaired) electrons. The minimum Gasteiger partial charge on any atom is -0.484 e. The molecule has 1 fully saturated rings. The van der Waals surface area contributed by atoms with Crippen molar-refractivity contribution in [3.05, 3.63) is 48.5 Å². The van der Waals surface area contributed by atoms with Gasteiger partial charge in [0.25, 0.3) is 5.91 Å². The highest BCUT2D eigenvalue weighted by Gasteiger charge is 2.22. The molecule has 0 saturated carbocycles. The molecule has 0 N–H and O–H groups in total. The van der Waals surface area contributed by atoms with E-state index in [4.69, 9.17) is 9.47 Å². The van der Waals surface area contributed by atoms with Crippen LogP contribution in [0, 0.1) is 0 Å². The number of aromatic nitrogens is 2. The topological polar surface area (TPSA) is 59.8 Å². The second kappa shape index (κ2) is 9.35. The van der Waals surface area contributed by atoms with Gasteiger partial charge >= 0.3 is 0 Å². The van der Waals surface area contributed by atoms with Crippen molar-refractivity contribution < 1.29 is 14.3 Å². The standard InChI is InChI=1S/C19H26N4O3/c1-25-14-13-22-8-7-20-18(22)15-21-9-11-23(12-10-21)19(24)16-26-17-5-3-2-4-6-17/h2-8H,9-16H2,1H3. The number of methoxy groups -OCH3 is 1. The zero-order valence-corrected chi connectivity index (χ0v) is 15.2. The lowest BCUT2D eigenvalue weighted by Crippen LogP contribution is -2.49. The monoisotopic (exact) mass is 358 g/mol. The average molecular weight is 358 g/mol. The highest BCUT2D eigenvalue weighted by atomic mass is 16.5. The Balaban J connectivity index is 1.42. The van der Waals surface area contributed by atoms with Crippen LogP contribution in [0.25, 0.3) is 0 Å². The molecule has 0 unspecified atom stereocenters. The first-order valence-electron chi connectivity index (χ1n) is 8.93. The van der Waals surface area contributed by atoms with Gasteiger partial charge in [-0.05, 0) is 12.1 Å². The number of carbonyl (C=O) groups excluding carboxylic acids is 1. The average Bonchev–Trinajstić information content (AvgIpc) is 3.12. The van der Waals surface area contributed by atoms with Crippen molar-refractivity contribution in [2.75, 3.05) is 46.5 Å². The number of benzene rings is 1. The van der Waals surface area contributed by atoms with Gasteiger partial charge in [0.05, 0.1) is 13.2 Å². The number of hydrogen-bond acceptors (Lipinski definition) is 5. The lowest BCUT2D eigenvalue weighted by atomic mass is 10.3. The minimum absolute atomic E-state index is 0.0371. The molecule has 1 amide bonds. The van der Waals surface area contributed by atoms with Crippen LogP contribution in [0.5, 0.6) is 5.75 Å². The molecule has 2 aromatic rings. The summed E-state index contributed by atoms with van der Waals surface area (Å²) in [6.45, 7) is 5.48. The van der Waals surface area contributed by atoms with E-state index in [0.717, 1.165) is 50.8 Å². The third kappa shape index (κ3) is 5.06. The van der Waals surface area contributed by atoms with Crippen molar-refractivity contribution in [3.8, 4) is 5.75 Å². The highest BCUT2D eigenvalue weighted by molar-refractivity contribution is 5.77. The number of imidazole rings is 1. The second-order valence-electron chi connectivity index (χ2n) is 6.29. The van der Waals surface area contributed by atoms with Gasteiger partial charge in [-0.1, -0.05) is 18.2 Å². The summed E-state index contributed by atoms with van der Waals surface area (Å²) in [5.74, 6) is 1.80. The van der Waals surface area contributed by atoms with Gasteiger partial charge in [-0.25, -0.2) is 4.98 Å². The lowest BCUT2D eigenvalue weighted by molar-refractivity contribution is -0.135. The maximum atomic E-state index is 12.3. The number of carbonyl (C=O) groups is 1. The van der Waals surface area contributed by atoms with Crippen LogP contribution < -0.4 is 4.74 Å². The summed E-state index contributed by atoms with van der Waals surface area (Å²) in [6.07, 6.45) is 3.81. The van der Waals surface area contributed by atoms with Crippen LogP contribution >= 0.6 is 0 Å². The first-order chi connectivity index (χ1) is 12.8. The molecule has 1 aromatic carbocycles. The normalized spacial score (nSPS) is 15.2. The van der Waals surface area contributed by atoms with Crippen molar-refractivity contribution in [1.82, 2.24) is 19.4 Å². The van der Waals surface area contributed by atoms with E-state index in [-0.39, 0.29) is 12.5 Å². The van der Waals surface area contributed by atoms with Crippen molar-refractivity contribution in [2.45, 2.75) is 13.1 Å². The van der Waals surface area contributed by atoms with E-state index in [1.165, 1.54) is 0 Å². The third-order valence-corrected chi connectivity index (χ3v) is 4.53.